The minimum absolute atomic E-state index is 0.0622. The van der Waals surface area contributed by atoms with E-state index in [0.29, 0.717) is 5.91 Å². The fourth-order valence-corrected chi connectivity index (χ4v) is 6.23. The summed E-state index contributed by atoms with van der Waals surface area (Å²) in [6, 6.07) is 9.39. The zero-order valence-electron chi connectivity index (χ0n) is 20.3. The molecule has 0 unspecified atom stereocenters. The Kier molecular flexibility index (Phi) is 6.51. The number of hydrogen-bond donors (Lipinski definition) is 0. The highest BCUT2D eigenvalue weighted by Gasteiger charge is 2.44. The first-order chi connectivity index (χ1) is 16.0. The van der Waals surface area contributed by atoms with Crippen molar-refractivity contribution in [3.05, 3.63) is 59.2 Å². The Labute approximate surface area is 198 Å². The first-order valence-corrected chi connectivity index (χ1v) is 12.9. The Morgan fingerprint density at radius 2 is 1.85 bits per heavy atom. The number of aryl methyl sites for hydroxylation is 1. The van der Waals surface area contributed by atoms with E-state index in [1.165, 1.54) is 36.8 Å². The number of carbonyl (C=O) groups is 1. The van der Waals surface area contributed by atoms with E-state index < -0.39 is 0 Å². The van der Waals surface area contributed by atoms with Crippen molar-refractivity contribution in [3.63, 3.8) is 0 Å². The largest absolute Gasteiger partial charge is 0.334 e. The summed E-state index contributed by atoms with van der Waals surface area (Å²) >= 11 is 0. The van der Waals surface area contributed by atoms with Gasteiger partial charge in [0, 0.05) is 30.6 Å². The van der Waals surface area contributed by atoms with Crippen LogP contribution in [0, 0.1) is 12.3 Å². The van der Waals surface area contributed by atoms with Crippen LogP contribution in [0.4, 0.5) is 0 Å². The summed E-state index contributed by atoms with van der Waals surface area (Å²) in [5.41, 5.74) is 4.20. The van der Waals surface area contributed by atoms with Crippen molar-refractivity contribution < 1.29 is 4.79 Å². The van der Waals surface area contributed by atoms with Gasteiger partial charge in [0.1, 0.15) is 0 Å². The van der Waals surface area contributed by atoms with Gasteiger partial charge in [0.25, 0.3) is 0 Å². The minimum Gasteiger partial charge on any atom is -0.334 e. The van der Waals surface area contributed by atoms with Gasteiger partial charge in [-0.25, -0.2) is 0 Å². The molecule has 0 bridgehead atoms. The third-order valence-corrected chi connectivity index (χ3v) is 8.28. The zero-order valence-corrected chi connectivity index (χ0v) is 20.3. The van der Waals surface area contributed by atoms with Crippen LogP contribution in [0.3, 0.4) is 0 Å². The van der Waals surface area contributed by atoms with Crippen LogP contribution in [0.1, 0.15) is 86.8 Å². The number of rotatable bonds is 5. The predicted molar refractivity (Wildman–Crippen MR) is 131 cm³/mol. The minimum atomic E-state index is -0.246. The molecule has 5 nitrogen and oxygen atoms in total. The van der Waals surface area contributed by atoms with Crippen molar-refractivity contribution in [1.82, 2.24) is 19.8 Å². The summed E-state index contributed by atoms with van der Waals surface area (Å²) in [5, 5.41) is 0. The smallest absolute Gasteiger partial charge is 0.229 e. The lowest BCUT2D eigenvalue weighted by Crippen LogP contribution is -2.50. The van der Waals surface area contributed by atoms with Crippen LogP contribution >= 0.6 is 0 Å². The lowest BCUT2D eigenvalue weighted by molar-refractivity contribution is -0.145. The summed E-state index contributed by atoms with van der Waals surface area (Å²) in [7, 11) is 0. The average Bonchev–Trinajstić information content (AvgIpc) is 3.52. The number of amides is 1. The van der Waals surface area contributed by atoms with Gasteiger partial charge in [0.2, 0.25) is 5.91 Å². The van der Waals surface area contributed by atoms with Crippen molar-refractivity contribution in [2.45, 2.75) is 83.7 Å². The van der Waals surface area contributed by atoms with E-state index in [4.69, 9.17) is 4.98 Å². The highest BCUT2D eigenvalue weighted by molar-refractivity contribution is 5.83. The van der Waals surface area contributed by atoms with Gasteiger partial charge in [-0.05, 0) is 64.1 Å². The lowest BCUT2D eigenvalue weighted by atomic mass is 9.78. The van der Waals surface area contributed by atoms with Crippen LogP contribution in [0.5, 0.6) is 0 Å². The van der Waals surface area contributed by atoms with Gasteiger partial charge >= 0.3 is 0 Å². The van der Waals surface area contributed by atoms with Gasteiger partial charge < -0.3 is 9.80 Å². The molecule has 176 valence electrons. The van der Waals surface area contributed by atoms with Crippen LogP contribution in [-0.4, -0.2) is 51.4 Å². The van der Waals surface area contributed by atoms with Gasteiger partial charge in [-0.3, -0.25) is 14.8 Å². The van der Waals surface area contributed by atoms with Crippen LogP contribution in [-0.2, 0) is 11.2 Å². The van der Waals surface area contributed by atoms with E-state index in [2.05, 4.69) is 52.9 Å². The number of hydrogen-bond acceptors (Lipinski definition) is 4. The number of aromatic nitrogens is 2. The number of likely N-dealkylation sites (tertiary alicyclic amines) is 2. The molecule has 5 heteroatoms. The van der Waals surface area contributed by atoms with Crippen LogP contribution in [0.15, 0.2) is 36.7 Å². The van der Waals surface area contributed by atoms with Crippen LogP contribution < -0.4 is 0 Å². The van der Waals surface area contributed by atoms with Crippen molar-refractivity contribution >= 4 is 5.91 Å². The molecular formula is C28H38N4O. The normalized spacial score (nSPS) is 23.8. The van der Waals surface area contributed by atoms with E-state index >= 15 is 0 Å². The summed E-state index contributed by atoms with van der Waals surface area (Å²) < 4.78 is 0. The van der Waals surface area contributed by atoms with E-state index in [9.17, 15) is 4.79 Å². The molecule has 0 spiro atoms. The monoisotopic (exact) mass is 446 g/mol. The molecule has 2 aliphatic heterocycles. The van der Waals surface area contributed by atoms with Gasteiger partial charge in [-0.2, -0.15) is 0 Å². The predicted octanol–water partition coefficient (Wildman–Crippen LogP) is 5.08. The number of benzene rings is 1. The number of nitrogens with zero attached hydrogens (tertiary/aromatic N) is 4. The Morgan fingerprint density at radius 1 is 1.06 bits per heavy atom. The molecule has 3 heterocycles. The molecule has 1 saturated carbocycles. The molecule has 2 aromatic rings. The maximum atomic E-state index is 13.8. The molecule has 0 radical (unpaired) electrons. The maximum Gasteiger partial charge on any atom is 0.229 e. The lowest BCUT2D eigenvalue weighted by Gasteiger charge is -2.43. The fraction of sp³-hybridized carbons (Fsp3) is 0.607. The van der Waals surface area contributed by atoms with Crippen LogP contribution in [0.25, 0.3) is 0 Å². The van der Waals surface area contributed by atoms with E-state index in [1.807, 2.05) is 12.4 Å². The number of piperidine rings is 1. The molecule has 1 aliphatic carbocycles. The topological polar surface area (TPSA) is 49.3 Å². The first-order valence-electron chi connectivity index (χ1n) is 12.9. The van der Waals surface area contributed by atoms with Crippen molar-refractivity contribution in [1.29, 1.82) is 0 Å². The third kappa shape index (κ3) is 4.84. The quantitative estimate of drug-likeness (QED) is 0.642. The molecule has 3 aliphatic rings. The second-order valence-electron chi connectivity index (χ2n) is 10.8. The standard InChI is InChI=1S/C28H38N4O/c1-21-7-5-8-22(17-21)18-23-19-29-20-25(30-23)26-11-6-14-32(26)27(33)28(2)12-15-31(16-13-28)24-9-3-4-10-24/h5,7-8,17,19-20,24,26H,3-4,6,9-16,18H2,1-2H3/t26-/m0/s1. The molecular weight excluding hydrogens is 408 g/mol. The van der Waals surface area contributed by atoms with Crippen molar-refractivity contribution in [3.8, 4) is 0 Å². The second kappa shape index (κ2) is 9.54. The molecule has 2 saturated heterocycles. The molecule has 33 heavy (non-hydrogen) atoms. The van der Waals surface area contributed by atoms with Gasteiger partial charge in [-0.15, -0.1) is 0 Å². The molecule has 1 amide bonds. The highest BCUT2D eigenvalue weighted by atomic mass is 16.2. The van der Waals surface area contributed by atoms with Gasteiger partial charge in [0.15, 0.2) is 0 Å². The molecule has 1 aromatic heterocycles. The number of carbonyl (C=O) groups excluding carboxylic acids is 1. The van der Waals surface area contributed by atoms with Crippen molar-refractivity contribution in [2.75, 3.05) is 19.6 Å². The average molecular weight is 447 g/mol. The maximum absolute atomic E-state index is 13.8. The summed E-state index contributed by atoms with van der Waals surface area (Å²) in [5.74, 6) is 0.335. The molecule has 3 fully saturated rings. The molecule has 5 rings (SSSR count). The van der Waals surface area contributed by atoms with Gasteiger partial charge in [0.05, 0.1) is 23.6 Å². The summed E-state index contributed by atoms with van der Waals surface area (Å²) in [6.45, 7) is 7.30. The second-order valence-corrected chi connectivity index (χ2v) is 10.8. The molecule has 0 N–H and O–H groups in total. The Balaban J connectivity index is 1.27. The fourth-order valence-electron chi connectivity index (χ4n) is 6.23. The molecule has 1 aromatic carbocycles. The Hall–Kier alpha value is -2.27. The first kappa shape index (κ1) is 22.5. The van der Waals surface area contributed by atoms with Crippen LogP contribution in [0.2, 0.25) is 0 Å². The van der Waals surface area contributed by atoms with Gasteiger partial charge in [-0.1, -0.05) is 49.6 Å². The summed E-state index contributed by atoms with van der Waals surface area (Å²) in [6.07, 6.45) is 13.9. The Bertz CT molecular complexity index is 975. The van der Waals surface area contributed by atoms with Crippen molar-refractivity contribution in [2.24, 2.45) is 5.41 Å². The third-order valence-electron chi connectivity index (χ3n) is 8.28. The Morgan fingerprint density at radius 3 is 2.61 bits per heavy atom. The molecule has 1 atom stereocenters. The highest BCUT2D eigenvalue weighted by Crippen LogP contribution is 2.40. The van der Waals surface area contributed by atoms with E-state index in [0.717, 1.165) is 69.2 Å². The summed E-state index contributed by atoms with van der Waals surface area (Å²) in [4.78, 5) is 28.1. The van der Waals surface area contributed by atoms with E-state index in [1.54, 1.807) is 0 Å². The van der Waals surface area contributed by atoms with E-state index in [-0.39, 0.29) is 11.5 Å². The SMILES string of the molecule is Cc1cccc(Cc2cncc([C@@H]3CCCN3C(=O)C3(C)CCN(C4CCCC4)CC3)n2)c1. The zero-order chi connectivity index (χ0) is 22.8.